The number of fused-ring (bicyclic) bond motifs is 1. The van der Waals surface area contributed by atoms with Gasteiger partial charge in [-0.2, -0.15) is 0 Å². The summed E-state index contributed by atoms with van der Waals surface area (Å²) in [5.41, 5.74) is 1.01. The van der Waals surface area contributed by atoms with Crippen molar-refractivity contribution in [1.29, 1.82) is 0 Å². The van der Waals surface area contributed by atoms with Crippen LogP contribution in [0.1, 0.15) is 18.9 Å². The van der Waals surface area contributed by atoms with E-state index in [-0.39, 0.29) is 12.8 Å². The fourth-order valence-electron chi connectivity index (χ4n) is 2.49. The zero-order valence-electron chi connectivity index (χ0n) is 13.0. The predicted molar refractivity (Wildman–Crippen MR) is 81.0 cm³/mol. The van der Waals surface area contributed by atoms with E-state index >= 15 is 0 Å². The van der Waals surface area contributed by atoms with Crippen molar-refractivity contribution in [2.24, 2.45) is 5.92 Å². The Morgan fingerprint density at radius 1 is 1.41 bits per heavy atom. The number of benzene rings is 1. The second kappa shape index (κ2) is 6.44. The highest BCUT2D eigenvalue weighted by Gasteiger charge is 2.35. The quantitative estimate of drug-likeness (QED) is 0.873. The Labute approximate surface area is 130 Å². The van der Waals surface area contributed by atoms with Crippen LogP contribution < -0.4 is 14.8 Å². The number of amides is 2. The monoisotopic (exact) mass is 306 g/mol. The molecular formula is C16H22N2O4. The normalized spacial score (nSPS) is 21.5. The topological polar surface area (TPSA) is 60.0 Å². The fourth-order valence-corrected chi connectivity index (χ4v) is 2.49. The van der Waals surface area contributed by atoms with Crippen molar-refractivity contribution in [3.63, 3.8) is 0 Å². The number of hydrogen-bond acceptors (Lipinski definition) is 4. The number of nitrogens with one attached hydrogen (secondary N) is 1. The molecule has 2 amide bonds. The highest BCUT2D eigenvalue weighted by molar-refractivity contribution is 5.75. The fraction of sp³-hybridized carbons (Fsp3) is 0.562. The van der Waals surface area contributed by atoms with Gasteiger partial charge < -0.3 is 24.4 Å². The summed E-state index contributed by atoms with van der Waals surface area (Å²) < 4.78 is 15.8. The molecule has 6 heteroatoms. The number of carbonyl (C=O) groups is 1. The van der Waals surface area contributed by atoms with Crippen LogP contribution >= 0.6 is 0 Å². The Balaban J connectivity index is 1.64. The van der Waals surface area contributed by atoms with Gasteiger partial charge in [0.15, 0.2) is 11.5 Å². The molecule has 6 nitrogen and oxygen atoms in total. The number of hydrogen-bond donors (Lipinski definition) is 1. The van der Waals surface area contributed by atoms with Gasteiger partial charge in [-0.25, -0.2) is 4.79 Å². The molecule has 3 rings (SSSR count). The lowest BCUT2D eigenvalue weighted by atomic mass is 10.2. The van der Waals surface area contributed by atoms with Gasteiger partial charge in [0.1, 0.15) is 0 Å². The second-order valence-electron chi connectivity index (χ2n) is 5.87. The second-order valence-corrected chi connectivity index (χ2v) is 5.87. The lowest BCUT2D eigenvalue weighted by Crippen LogP contribution is -2.42. The molecule has 0 aromatic heterocycles. The minimum atomic E-state index is -0.0379. The first-order valence-electron chi connectivity index (χ1n) is 7.60. The van der Waals surface area contributed by atoms with Crippen LogP contribution in [0.2, 0.25) is 0 Å². The predicted octanol–water partition coefficient (Wildman–Crippen LogP) is 1.98. The minimum Gasteiger partial charge on any atom is -0.454 e. The number of methoxy groups -OCH3 is 1. The summed E-state index contributed by atoms with van der Waals surface area (Å²) in [5.74, 6) is 2.07. The summed E-state index contributed by atoms with van der Waals surface area (Å²) in [4.78, 5) is 14.2. The Morgan fingerprint density at radius 2 is 2.18 bits per heavy atom. The van der Waals surface area contributed by atoms with E-state index in [4.69, 9.17) is 14.2 Å². The smallest absolute Gasteiger partial charge is 0.318 e. The van der Waals surface area contributed by atoms with Gasteiger partial charge in [0.25, 0.3) is 0 Å². The van der Waals surface area contributed by atoms with Crippen molar-refractivity contribution in [1.82, 2.24) is 10.2 Å². The zero-order chi connectivity index (χ0) is 15.5. The molecule has 1 fully saturated rings. The number of rotatable bonds is 6. The molecule has 1 aromatic carbocycles. The van der Waals surface area contributed by atoms with Gasteiger partial charge in [-0.15, -0.1) is 0 Å². The van der Waals surface area contributed by atoms with E-state index in [0.717, 1.165) is 23.5 Å². The molecule has 1 aromatic rings. The van der Waals surface area contributed by atoms with Crippen LogP contribution in [-0.2, 0) is 11.3 Å². The summed E-state index contributed by atoms with van der Waals surface area (Å²) in [5, 5.41) is 3.06. The Kier molecular flexibility index (Phi) is 4.38. The lowest BCUT2D eigenvalue weighted by molar-refractivity contribution is 0.146. The van der Waals surface area contributed by atoms with Crippen molar-refractivity contribution in [2.75, 3.05) is 27.1 Å². The van der Waals surface area contributed by atoms with Gasteiger partial charge in [-0.1, -0.05) is 13.0 Å². The first-order chi connectivity index (χ1) is 10.7. The van der Waals surface area contributed by atoms with Crippen LogP contribution in [-0.4, -0.2) is 44.0 Å². The Hall–Kier alpha value is -1.95. The van der Waals surface area contributed by atoms with E-state index in [1.165, 1.54) is 0 Å². The molecule has 0 spiro atoms. The molecule has 1 saturated carbocycles. The van der Waals surface area contributed by atoms with E-state index in [1.54, 1.807) is 12.0 Å². The molecule has 2 atom stereocenters. The largest absolute Gasteiger partial charge is 0.454 e. The molecule has 0 unspecified atom stereocenters. The Bertz CT molecular complexity index is 549. The van der Waals surface area contributed by atoms with Gasteiger partial charge in [-0.05, 0) is 30.0 Å². The summed E-state index contributed by atoms with van der Waals surface area (Å²) >= 11 is 0. The maximum Gasteiger partial charge on any atom is 0.318 e. The zero-order valence-corrected chi connectivity index (χ0v) is 13.0. The molecule has 1 N–H and O–H groups in total. The van der Waals surface area contributed by atoms with Gasteiger partial charge in [-0.3, -0.25) is 0 Å². The molecule has 1 aliphatic heterocycles. The van der Waals surface area contributed by atoms with E-state index in [2.05, 4.69) is 12.2 Å². The number of ether oxygens (including phenoxy) is 3. The first kappa shape index (κ1) is 15.0. The minimum absolute atomic E-state index is 0.0379. The van der Waals surface area contributed by atoms with Crippen LogP contribution in [0.3, 0.4) is 0 Å². The molecular weight excluding hydrogens is 284 g/mol. The maximum absolute atomic E-state index is 12.4. The number of nitrogens with zero attached hydrogens (tertiary/aromatic N) is 1. The van der Waals surface area contributed by atoms with Gasteiger partial charge in [0.05, 0.1) is 6.61 Å². The third-order valence-electron chi connectivity index (χ3n) is 4.08. The summed E-state index contributed by atoms with van der Waals surface area (Å²) in [6.07, 6.45) is 1.06. The van der Waals surface area contributed by atoms with Crippen LogP contribution in [0.4, 0.5) is 4.79 Å². The van der Waals surface area contributed by atoms with Crippen molar-refractivity contribution in [3.8, 4) is 11.5 Å². The van der Waals surface area contributed by atoms with Gasteiger partial charge in [0.2, 0.25) is 6.79 Å². The molecule has 0 radical (unpaired) electrons. The third-order valence-corrected chi connectivity index (χ3v) is 4.08. The summed E-state index contributed by atoms with van der Waals surface area (Å²) in [7, 11) is 1.64. The SMILES string of the molecule is COCCN(Cc1ccc2c(c1)OCO2)C(=O)N[C@H]1C[C@H]1C. The van der Waals surface area contributed by atoms with Crippen LogP contribution in [0.15, 0.2) is 18.2 Å². The van der Waals surface area contributed by atoms with Crippen LogP contribution in [0.5, 0.6) is 11.5 Å². The first-order valence-corrected chi connectivity index (χ1v) is 7.60. The molecule has 22 heavy (non-hydrogen) atoms. The van der Waals surface area contributed by atoms with Gasteiger partial charge >= 0.3 is 6.03 Å². The van der Waals surface area contributed by atoms with Crippen molar-refractivity contribution < 1.29 is 19.0 Å². The van der Waals surface area contributed by atoms with Crippen LogP contribution in [0, 0.1) is 5.92 Å². The van der Waals surface area contributed by atoms with Crippen molar-refractivity contribution in [2.45, 2.75) is 25.9 Å². The van der Waals surface area contributed by atoms with Crippen molar-refractivity contribution in [3.05, 3.63) is 23.8 Å². The third kappa shape index (κ3) is 3.44. The van der Waals surface area contributed by atoms with E-state index in [9.17, 15) is 4.79 Å². The van der Waals surface area contributed by atoms with E-state index < -0.39 is 0 Å². The van der Waals surface area contributed by atoms with Crippen LogP contribution in [0.25, 0.3) is 0 Å². The van der Waals surface area contributed by atoms with E-state index in [1.807, 2.05) is 18.2 Å². The molecule has 120 valence electrons. The standard InChI is InChI=1S/C16H22N2O4/c1-11-7-13(11)17-16(19)18(5-6-20-2)9-12-3-4-14-15(8-12)22-10-21-14/h3-4,8,11,13H,5-7,9-10H2,1-2H3,(H,17,19)/t11-,13+/m1/s1. The number of carbonyl (C=O) groups excluding carboxylic acids is 1. The van der Waals surface area contributed by atoms with Gasteiger partial charge in [0, 0.05) is 26.2 Å². The summed E-state index contributed by atoms with van der Waals surface area (Å²) in [6, 6.07) is 6.04. The molecule has 2 aliphatic rings. The van der Waals surface area contributed by atoms with Crippen molar-refractivity contribution >= 4 is 6.03 Å². The molecule has 1 heterocycles. The highest BCUT2D eigenvalue weighted by atomic mass is 16.7. The highest BCUT2D eigenvalue weighted by Crippen LogP contribution is 2.33. The maximum atomic E-state index is 12.4. The number of urea groups is 1. The Morgan fingerprint density at radius 3 is 2.91 bits per heavy atom. The average Bonchev–Trinajstić information content (AvgIpc) is 3.01. The average molecular weight is 306 g/mol. The van der Waals surface area contributed by atoms with E-state index in [0.29, 0.717) is 31.7 Å². The molecule has 0 saturated heterocycles. The summed E-state index contributed by atoms with van der Waals surface area (Å²) in [6.45, 7) is 3.98. The lowest BCUT2D eigenvalue weighted by Gasteiger charge is -2.23. The molecule has 0 bridgehead atoms. The molecule has 1 aliphatic carbocycles.